The summed E-state index contributed by atoms with van der Waals surface area (Å²) in [6.45, 7) is 12.2. The van der Waals surface area contributed by atoms with Gasteiger partial charge in [0.05, 0.1) is 12.5 Å². The lowest BCUT2D eigenvalue weighted by molar-refractivity contribution is -0.408. The maximum Gasteiger partial charge on any atom is 0.311 e. The second kappa shape index (κ2) is 14.0. The molecule has 49 heavy (non-hydrogen) atoms. The molecule has 4 aliphatic heterocycles. The highest BCUT2D eigenvalue weighted by molar-refractivity contribution is 5.74. The summed E-state index contributed by atoms with van der Waals surface area (Å²) >= 11 is 0. The van der Waals surface area contributed by atoms with Crippen LogP contribution in [0.4, 0.5) is 0 Å². The maximum atomic E-state index is 12.0. The molecule has 276 valence electrons. The lowest BCUT2D eigenvalue weighted by atomic mass is 9.58. The fourth-order valence-corrected chi connectivity index (χ4v) is 9.99. The van der Waals surface area contributed by atoms with Crippen LogP contribution in [0, 0.1) is 47.3 Å². The molecule has 15 atom stereocenters. The van der Waals surface area contributed by atoms with E-state index in [1.54, 1.807) is 13.8 Å². The third-order valence-corrected chi connectivity index (χ3v) is 12.8. The standard InChI is InChI=1S/C23H34O6.C15H24O5/c1-15-9-10-19-16(2)20(27-14-13-26-17-7-5-4-6-8-17)28-21-23(19,25)18(15)11-12-22(3,24)29-21;1-8-4-5-11-9(2)12(16)19-13-15(11,18)10(8)6-7-14(3,17)20-13/h4-8,15-16,18-21,24-25H,9-14H2,1-3H3;8-11,13,17-18H,4-7H2,1-3H3/t15-,16-,18?,19?,20?,21-,22-,23-;8-,9-,10?,11?,13-,14-,15-/m11/s1. The molecule has 1 aromatic rings. The minimum atomic E-state index is -1.36. The lowest BCUT2D eigenvalue weighted by Crippen LogP contribution is -2.67. The van der Waals surface area contributed by atoms with Gasteiger partial charge in [0.15, 0.2) is 24.2 Å². The average Bonchev–Trinajstić information content (AvgIpc) is 3.21. The van der Waals surface area contributed by atoms with Gasteiger partial charge < -0.3 is 48.8 Å². The highest BCUT2D eigenvalue weighted by Crippen LogP contribution is 2.56. The number of carbonyl (C=O) groups excluding carboxylic acids is 1. The van der Waals surface area contributed by atoms with Crippen LogP contribution in [0.25, 0.3) is 0 Å². The Kier molecular flexibility index (Phi) is 10.5. The minimum absolute atomic E-state index is 0.00391. The smallest absolute Gasteiger partial charge is 0.311 e. The van der Waals surface area contributed by atoms with Gasteiger partial charge in [0, 0.05) is 30.6 Å². The Morgan fingerprint density at radius 1 is 0.714 bits per heavy atom. The summed E-state index contributed by atoms with van der Waals surface area (Å²) in [5.41, 5.74) is -2.27. The van der Waals surface area contributed by atoms with E-state index < -0.39 is 41.6 Å². The van der Waals surface area contributed by atoms with Gasteiger partial charge in [-0.25, -0.2) is 0 Å². The van der Waals surface area contributed by atoms with Crippen molar-refractivity contribution in [3.05, 3.63) is 30.3 Å². The normalized spacial score (nSPS) is 49.1. The Hall–Kier alpha value is -1.83. The van der Waals surface area contributed by atoms with Crippen LogP contribution in [-0.4, -0.2) is 81.3 Å². The van der Waals surface area contributed by atoms with Crippen LogP contribution in [0.3, 0.4) is 0 Å². The van der Waals surface area contributed by atoms with Crippen molar-refractivity contribution >= 4 is 5.97 Å². The van der Waals surface area contributed by atoms with Crippen LogP contribution in [0.1, 0.15) is 92.9 Å². The highest BCUT2D eigenvalue weighted by atomic mass is 16.8. The Labute approximate surface area is 290 Å². The van der Waals surface area contributed by atoms with Crippen molar-refractivity contribution < 1.29 is 53.6 Å². The topological polar surface area (TPSA) is 153 Å². The summed E-state index contributed by atoms with van der Waals surface area (Å²) in [7, 11) is 0. The second-order valence-electron chi connectivity index (χ2n) is 16.3. The molecule has 0 bridgehead atoms. The van der Waals surface area contributed by atoms with E-state index in [1.165, 1.54) is 0 Å². The Bertz CT molecular complexity index is 1290. The quantitative estimate of drug-likeness (QED) is 0.251. The molecule has 11 heteroatoms. The third-order valence-electron chi connectivity index (χ3n) is 12.8. The number of aliphatic hydroxyl groups is 4. The van der Waals surface area contributed by atoms with Crippen molar-refractivity contribution in [2.45, 2.75) is 135 Å². The van der Waals surface area contributed by atoms with Crippen molar-refractivity contribution in [2.24, 2.45) is 47.3 Å². The van der Waals surface area contributed by atoms with Crippen molar-refractivity contribution in [3.8, 4) is 5.75 Å². The monoisotopic (exact) mass is 690 g/mol. The molecule has 11 nitrogen and oxygen atoms in total. The van der Waals surface area contributed by atoms with Gasteiger partial charge in [-0.1, -0.05) is 45.9 Å². The Morgan fingerprint density at radius 2 is 1.27 bits per heavy atom. The predicted molar refractivity (Wildman–Crippen MR) is 177 cm³/mol. The van der Waals surface area contributed by atoms with E-state index in [1.807, 2.05) is 37.3 Å². The molecule has 2 saturated carbocycles. The van der Waals surface area contributed by atoms with Crippen molar-refractivity contribution in [3.63, 3.8) is 0 Å². The van der Waals surface area contributed by atoms with Crippen LogP contribution in [0.2, 0.25) is 0 Å². The summed E-state index contributed by atoms with van der Waals surface area (Å²) < 4.78 is 34.7. The van der Waals surface area contributed by atoms with Crippen LogP contribution >= 0.6 is 0 Å². The van der Waals surface area contributed by atoms with Gasteiger partial charge in [-0.05, 0) is 88.2 Å². The molecular weight excluding hydrogens is 632 g/mol. The molecule has 7 rings (SSSR count). The summed E-state index contributed by atoms with van der Waals surface area (Å²) in [5.74, 6) is -1.91. The number of ether oxygens (including phenoxy) is 6. The van der Waals surface area contributed by atoms with Gasteiger partial charge in [-0.3, -0.25) is 4.79 Å². The Morgan fingerprint density at radius 3 is 1.88 bits per heavy atom. The number of hydrogen-bond acceptors (Lipinski definition) is 11. The summed E-state index contributed by atoms with van der Waals surface area (Å²) in [5, 5.41) is 44.0. The van der Waals surface area contributed by atoms with Crippen molar-refractivity contribution in [1.29, 1.82) is 0 Å². The SMILES string of the molecule is C[C@@H]1CCC2[C@@H](C)C(=O)O[C@@H]3O[C@@](C)(O)CCC1[C@@]23O.C[C@H]1C(OCCOc2ccccc2)O[C@@H]2O[C@@](C)(O)CCC3[C@H](C)CCC1[C@]32O. The predicted octanol–water partition coefficient (Wildman–Crippen LogP) is 4.73. The molecule has 4 saturated heterocycles. The maximum absolute atomic E-state index is 12.0. The minimum Gasteiger partial charge on any atom is -0.491 e. The number of esters is 1. The van der Waals surface area contributed by atoms with Crippen molar-refractivity contribution in [2.75, 3.05) is 13.2 Å². The van der Waals surface area contributed by atoms with Crippen molar-refractivity contribution in [1.82, 2.24) is 0 Å². The van der Waals surface area contributed by atoms with Gasteiger partial charge in [-0.2, -0.15) is 0 Å². The first-order valence-corrected chi connectivity index (χ1v) is 18.5. The molecule has 0 spiro atoms. The van der Waals surface area contributed by atoms with Gasteiger partial charge in [-0.15, -0.1) is 0 Å². The van der Waals surface area contributed by atoms with Crippen LogP contribution in [0.5, 0.6) is 5.75 Å². The molecular formula is C38H58O11. The van der Waals surface area contributed by atoms with E-state index in [0.717, 1.165) is 37.9 Å². The molecule has 1 aromatic carbocycles. The highest BCUT2D eigenvalue weighted by Gasteiger charge is 2.65. The summed E-state index contributed by atoms with van der Waals surface area (Å²) in [6.07, 6.45) is 3.63. The molecule has 5 unspecified atom stereocenters. The lowest BCUT2D eigenvalue weighted by Gasteiger charge is -2.57. The first kappa shape index (κ1) is 36.9. The average molecular weight is 691 g/mol. The van der Waals surface area contributed by atoms with E-state index in [2.05, 4.69) is 20.8 Å². The molecule has 4 heterocycles. The van der Waals surface area contributed by atoms with E-state index in [9.17, 15) is 25.2 Å². The molecule has 2 aliphatic carbocycles. The summed E-state index contributed by atoms with van der Waals surface area (Å²) in [6, 6.07) is 9.62. The van der Waals surface area contributed by atoms with Gasteiger partial charge >= 0.3 is 5.97 Å². The zero-order chi connectivity index (χ0) is 35.4. The van der Waals surface area contributed by atoms with E-state index in [0.29, 0.717) is 44.3 Å². The molecule has 0 radical (unpaired) electrons. The van der Waals surface area contributed by atoms with Gasteiger partial charge in [0.1, 0.15) is 23.6 Å². The Balaban J connectivity index is 0.000000182. The first-order chi connectivity index (χ1) is 23.1. The molecule has 6 aliphatic rings. The number of hydrogen-bond donors (Lipinski definition) is 4. The van der Waals surface area contributed by atoms with Crippen LogP contribution in [0.15, 0.2) is 30.3 Å². The van der Waals surface area contributed by atoms with Gasteiger partial charge in [0.25, 0.3) is 0 Å². The molecule has 4 N–H and O–H groups in total. The fourth-order valence-electron chi connectivity index (χ4n) is 9.99. The molecule has 6 fully saturated rings. The molecule has 0 amide bonds. The van der Waals surface area contributed by atoms with E-state index >= 15 is 0 Å². The van der Waals surface area contributed by atoms with Crippen LogP contribution in [-0.2, 0) is 28.5 Å². The largest absolute Gasteiger partial charge is 0.491 e. The van der Waals surface area contributed by atoms with E-state index in [4.69, 9.17) is 28.4 Å². The van der Waals surface area contributed by atoms with Gasteiger partial charge in [0.2, 0.25) is 6.29 Å². The van der Waals surface area contributed by atoms with Crippen LogP contribution < -0.4 is 4.74 Å². The number of benzene rings is 1. The zero-order valence-corrected chi connectivity index (χ0v) is 30.0. The molecule has 0 aromatic heterocycles. The zero-order valence-electron chi connectivity index (χ0n) is 30.0. The third kappa shape index (κ3) is 7.03. The summed E-state index contributed by atoms with van der Waals surface area (Å²) in [4.78, 5) is 12.0. The number of rotatable bonds is 5. The fraction of sp³-hybridized carbons (Fsp3) is 0.816. The second-order valence-corrected chi connectivity index (χ2v) is 16.3. The number of para-hydroxylation sites is 1. The first-order valence-electron chi connectivity index (χ1n) is 18.5. The van der Waals surface area contributed by atoms with E-state index in [-0.39, 0.29) is 41.5 Å². The number of carbonyl (C=O) groups is 1.